The molecular formula is C23H20ClFN6O. The Morgan fingerprint density at radius 2 is 1.97 bits per heavy atom. The number of hydrogen-bond donors (Lipinski definition) is 1. The van der Waals surface area contributed by atoms with E-state index in [1.165, 1.54) is 17.2 Å². The molecule has 1 amide bonds. The van der Waals surface area contributed by atoms with Crippen LogP contribution in [0.25, 0.3) is 16.7 Å². The zero-order valence-corrected chi connectivity index (χ0v) is 18.3. The van der Waals surface area contributed by atoms with E-state index in [4.69, 9.17) is 16.6 Å². The Kier molecular flexibility index (Phi) is 4.82. The van der Waals surface area contributed by atoms with Crippen molar-refractivity contribution in [2.24, 2.45) is 0 Å². The van der Waals surface area contributed by atoms with Crippen molar-refractivity contribution < 1.29 is 9.18 Å². The number of aromatic amines is 1. The molecule has 9 heteroatoms. The third kappa shape index (κ3) is 3.18. The van der Waals surface area contributed by atoms with E-state index in [1.807, 2.05) is 19.1 Å². The number of H-pyrrole nitrogens is 1. The first kappa shape index (κ1) is 20.4. The van der Waals surface area contributed by atoms with Gasteiger partial charge in [-0.2, -0.15) is 15.0 Å². The summed E-state index contributed by atoms with van der Waals surface area (Å²) in [7, 11) is 0. The lowest BCUT2D eigenvalue weighted by Crippen LogP contribution is -2.33. The van der Waals surface area contributed by atoms with E-state index in [-0.39, 0.29) is 11.3 Å². The van der Waals surface area contributed by atoms with Gasteiger partial charge in [0.05, 0.1) is 29.5 Å². The van der Waals surface area contributed by atoms with E-state index < -0.39 is 17.8 Å². The van der Waals surface area contributed by atoms with Crippen molar-refractivity contribution in [3.05, 3.63) is 82.2 Å². The van der Waals surface area contributed by atoms with Gasteiger partial charge in [-0.3, -0.25) is 4.79 Å². The number of benzene rings is 2. The fraction of sp³-hybridized carbons (Fsp3) is 0.217. The van der Waals surface area contributed by atoms with Gasteiger partial charge in [0.2, 0.25) is 0 Å². The predicted molar refractivity (Wildman–Crippen MR) is 119 cm³/mol. The Bertz CT molecular complexity index is 1380. The van der Waals surface area contributed by atoms with Crippen LogP contribution in [0.1, 0.15) is 39.8 Å². The van der Waals surface area contributed by atoms with E-state index in [9.17, 15) is 4.79 Å². The maximum atomic E-state index is 15.3. The highest BCUT2D eigenvalue weighted by Gasteiger charge is 2.37. The Balaban J connectivity index is 1.60. The summed E-state index contributed by atoms with van der Waals surface area (Å²) < 4.78 is 15.3. The topological polar surface area (TPSA) is 79.7 Å². The number of rotatable bonds is 3. The number of likely N-dealkylation sites (tertiary alicyclic amines) is 1. The molecular weight excluding hydrogens is 431 g/mol. The van der Waals surface area contributed by atoms with Gasteiger partial charge in [0.1, 0.15) is 22.9 Å². The molecule has 162 valence electrons. The molecule has 7 nitrogen and oxygen atoms in total. The summed E-state index contributed by atoms with van der Waals surface area (Å²) in [6.45, 7) is 7.90. The average molecular weight is 451 g/mol. The molecule has 4 aromatic rings. The lowest BCUT2D eigenvalue weighted by molar-refractivity contribution is 0.0727. The molecule has 32 heavy (non-hydrogen) atoms. The lowest BCUT2D eigenvalue weighted by Gasteiger charge is -2.24. The molecule has 1 atom stereocenters. The van der Waals surface area contributed by atoms with Crippen molar-refractivity contribution in [2.75, 3.05) is 6.54 Å². The zero-order chi connectivity index (χ0) is 22.6. The number of imidazole rings is 1. The number of fused-ring (bicyclic) bond motifs is 1. The number of nitrogens with zero attached hydrogens (tertiary/aromatic N) is 5. The van der Waals surface area contributed by atoms with Gasteiger partial charge in [0.15, 0.2) is 0 Å². The van der Waals surface area contributed by atoms with Crippen LogP contribution in [0.3, 0.4) is 0 Å². The summed E-state index contributed by atoms with van der Waals surface area (Å²) in [6.07, 6.45) is 3.49. The molecule has 1 fully saturated rings. The lowest BCUT2D eigenvalue weighted by atomic mass is 10.1. The Labute approximate surface area is 188 Å². The molecule has 0 saturated carbocycles. The standard InChI is InChI=1S/C23H20ClFN6O/c1-12-10-18(22-28-16-6-5-15(24)14(3)21(16)29-22)30(11-12)23(32)19-17(31-26-8-9-27-31)7-4-13(2)20(19)25/h4-9,18H,1,10-11H2,2-3H3,(H,28,29). The quantitative estimate of drug-likeness (QED) is 0.459. The number of aryl methyl sites for hydroxylation is 2. The minimum absolute atomic E-state index is 0.0729. The number of halogens is 2. The molecule has 5 rings (SSSR count). The third-order valence-electron chi connectivity index (χ3n) is 5.85. The third-order valence-corrected chi connectivity index (χ3v) is 6.26. The van der Waals surface area contributed by atoms with Gasteiger partial charge in [-0.25, -0.2) is 9.37 Å². The first-order chi connectivity index (χ1) is 15.3. The van der Waals surface area contributed by atoms with Gasteiger partial charge in [0.25, 0.3) is 5.91 Å². The zero-order valence-electron chi connectivity index (χ0n) is 17.6. The Hall–Kier alpha value is -3.52. The maximum Gasteiger partial charge on any atom is 0.260 e. The summed E-state index contributed by atoms with van der Waals surface area (Å²) in [6, 6.07) is 6.52. The van der Waals surface area contributed by atoms with E-state index in [2.05, 4.69) is 21.8 Å². The Morgan fingerprint density at radius 1 is 1.22 bits per heavy atom. The fourth-order valence-electron chi connectivity index (χ4n) is 4.15. The first-order valence-electron chi connectivity index (χ1n) is 10.1. The predicted octanol–water partition coefficient (Wildman–Crippen LogP) is 4.70. The molecule has 0 spiro atoms. The van der Waals surface area contributed by atoms with Gasteiger partial charge < -0.3 is 9.88 Å². The average Bonchev–Trinajstić information content (AvgIpc) is 3.51. The highest BCUT2D eigenvalue weighted by atomic mass is 35.5. The number of amides is 1. The summed E-state index contributed by atoms with van der Waals surface area (Å²) in [4.78, 5) is 24.6. The second-order valence-corrected chi connectivity index (χ2v) is 8.41. The van der Waals surface area contributed by atoms with Gasteiger partial charge in [0, 0.05) is 11.6 Å². The van der Waals surface area contributed by atoms with Crippen molar-refractivity contribution in [3.8, 4) is 5.69 Å². The van der Waals surface area contributed by atoms with Crippen LogP contribution in [0.15, 0.2) is 48.8 Å². The maximum absolute atomic E-state index is 15.3. The van der Waals surface area contributed by atoms with Crippen molar-refractivity contribution in [3.63, 3.8) is 0 Å². The molecule has 3 heterocycles. The molecule has 2 aromatic heterocycles. The molecule has 2 aromatic carbocycles. The van der Waals surface area contributed by atoms with E-state index >= 15 is 4.39 Å². The highest BCUT2D eigenvalue weighted by Crippen LogP contribution is 2.37. The van der Waals surface area contributed by atoms with Crippen LogP contribution in [0.5, 0.6) is 0 Å². The van der Waals surface area contributed by atoms with Crippen molar-refractivity contribution >= 4 is 28.5 Å². The molecule has 0 bridgehead atoms. The van der Waals surface area contributed by atoms with E-state index in [1.54, 1.807) is 24.0 Å². The van der Waals surface area contributed by atoms with Crippen LogP contribution in [0.2, 0.25) is 5.02 Å². The largest absolute Gasteiger partial charge is 0.340 e. The molecule has 1 aliphatic rings. The smallest absolute Gasteiger partial charge is 0.260 e. The van der Waals surface area contributed by atoms with E-state index in [0.717, 1.165) is 22.2 Å². The van der Waals surface area contributed by atoms with E-state index in [0.29, 0.717) is 29.4 Å². The Morgan fingerprint density at radius 3 is 2.72 bits per heavy atom. The summed E-state index contributed by atoms with van der Waals surface area (Å²) in [5, 5.41) is 8.79. The molecule has 0 radical (unpaired) electrons. The van der Waals surface area contributed by atoms with Crippen LogP contribution in [0, 0.1) is 19.7 Å². The molecule has 0 aliphatic carbocycles. The summed E-state index contributed by atoms with van der Waals surface area (Å²) in [5.74, 6) is -0.435. The van der Waals surface area contributed by atoms with Crippen LogP contribution < -0.4 is 0 Å². The summed E-state index contributed by atoms with van der Waals surface area (Å²) >= 11 is 6.25. The molecule has 1 unspecified atom stereocenters. The second-order valence-electron chi connectivity index (χ2n) is 8.00. The SMILES string of the molecule is C=C1CC(c2nc3c(C)c(Cl)ccc3[nH]2)N(C(=O)c2c(-n3nccn3)ccc(C)c2F)C1. The number of carbonyl (C=O) groups excluding carboxylic acids is 1. The second kappa shape index (κ2) is 7.56. The molecule has 1 aliphatic heterocycles. The van der Waals surface area contributed by atoms with Crippen LogP contribution in [-0.2, 0) is 0 Å². The molecule has 1 N–H and O–H groups in total. The van der Waals surface area contributed by atoms with Crippen molar-refractivity contribution in [2.45, 2.75) is 26.3 Å². The monoisotopic (exact) mass is 450 g/mol. The normalized spacial score (nSPS) is 16.3. The van der Waals surface area contributed by atoms with Crippen LogP contribution in [0.4, 0.5) is 4.39 Å². The highest BCUT2D eigenvalue weighted by molar-refractivity contribution is 6.32. The number of aromatic nitrogens is 5. The van der Waals surface area contributed by atoms with Gasteiger partial charge in [-0.15, -0.1) is 0 Å². The number of hydrogen-bond acceptors (Lipinski definition) is 4. The molecule has 1 saturated heterocycles. The number of carbonyl (C=O) groups is 1. The first-order valence-corrected chi connectivity index (χ1v) is 10.5. The fourth-order valence-corrected chi connectivity index (χ4v) is 4.30. The minimum atomic E-state index is -0.590. The van der Waals surface area contributed by atoms with Gasteiger partial charge in [-0.05, 0) is 49.6 Å². The van der Waals surface area contributed by atoms with Crippen LogP contribution >= 0.6 is 11.6 Å². The van der Waals surface area contributed by atoms with Crippen molar-refractivity contribution in [1.82, 2.24) is 29.9 Å². The van der Waals surface area contributed by atoms with Crippen molar-refractivity contribution in [1.29, 1.82) is 0 Å². The number of nitrogens with one attached hydrogen (secondary N) is 1. The van der Waals surface area contributed by atoms with Gasteiger partial charge in [-0.1, -0.05) is 29.8 Å². The summed E-state index contributed by atoms with van der Waals surface area (Å²) in [5.41, 5.74) is 3.88. The van der Waals surface area contributed by atoms with Crippen LogP contribution in [-0.4, -0.2) is 42.3 Å². The van der Waals surface area contributed by atoms with Gasteiger partial charge >= 0.3 is 0 Å². The minimum Gasteiger partial charge on any atom is -0.340 e.